The van der Waals surface area contributed by atoms with Crippen LogP contribution >= 0.6 is 38.9 Å². The second-order valence-corrected chi connectivity index (χ2v) is 7.28. The molecule has 0 fully saturated rings. The van der Waals surface area contributed by atoms with Crippen molar-refractivity contribution in [1.29, 1.82) is 0 Å². The predicted octanol–water partition coefficient (Wildman–Crippen LogP) is 2.47. The molecule has 0 aliphatic heterocycles. The van der Waals surface area contributed by atoms with E-state index in [0.29, 0.717) is 6.54 Å². The monoisotopic (exact) mass is 317 g/mol. The van der Waals surface area contributed by atoms with E-state index in [0.717, 1.165) is 9.35 Å². The fraction of sp³-hybridized carbons (Fsp3) is 0.429. The summed E-state index contributed by atoms with van der Waals surface area (Å²) in [6.07, 6.45) is 0. The van der Waals surface area contributed by atoms with E-state index in [1.165, 1.54) is 22.7 Å². The van der Waals surface area contributed by atoms with Crippen LogP contribution in [0, 0.1) is 0 Å². The van der Waals surface area contributed by atoms with Gasteiger partial charge in [0.2, 0.25) is 10.0 Å². The zero-order valence-corrected chi connectivity index (χ0v) is 11.4. The Hall–Kier alpha value is 0.380. The lowest BCUT2D eigenvalue weighted by Gasteiger charge is -2.13. The third-order valence-electron chi connectivity index (χ3n) is 1.61. The third kappa shape index (κ3) is 3.20. The maximum atomic E-state index is 11.3. The molecule has 0 aliphatic rings. The lowest BCUT2D eigenvalue weighted by Crippen LogP contribution is -2.26. The number of hydrogen-bond acceptors (Lipinski definition) is 3. The Kier molecular flexibility index (Phi) is 4.39. The summed E-state index contributed by atoms with van der Waals surface area (Å²) < 4.78 is 24.8. The molecule has 0 N–H and O–H groups in total. The van der Waals surface area contributed by atoms with Gasteiger partial charge in [-0.05, 0) is 22.0 Å². The third-order valence-corrected chi connectivity index (χ3v) is 5.48. The Balaban J connectivity index is 2.71. The average molecular weight is 319 g/mol. The fourth-order valence-electron chi connectivity index (χ4n) is 0.838. The van der Waals surface area contributed by atoms with Crippen molar-refractivity contribution in [2.75, 3.05) is 12.3 Å². The number of alkyl halides is 1. The Bertz CT molecular complexity index is 404. The molecule has 1 aromatic heterocycles. The second-order valence-electron chi connectivity index (χ2n) is 2.71. The highest BCUT2D eigenvalue weighted by Gasteiger charge is 2.16. The minimum absolute atomic E-state index is 0.366. The normalized spacial score (nSPS) is 12.3. The van der Waals surface area contributed by atoms with E-state index >= 15 is 0 Å². The zero-order chi connectivity index (χ0) is 10.8. The fourth-order valence-corrected chi connectivity index (χ4v) is 3.43. The largest absolute Gasteiger partial charge is 0.228 e. The van der Waals surface area contributed by atoms with E-state index in [1.54, 1.807) is 0 Å². The standard InChI is InChI=1S/C7H9BrClNO2S2/c1-10(14(11,12)5-9)3-7-2-6(8)4-13-7/h2,4H,3,5H2,1H3. The SMILES string of the molecule is CN(Cc1cc(Br)cs1)S(=O)(=O)CCl. The molecule has 1 aromatic rings. The Morgan fingerprint density at radius 2 is 2.29 bits per heavy atom. The summed E-state index contributed by atoms with van der Waals surface area (Å²) in [5.41, 5.74) is 0. The first kappa shape index (κ1) is 12.4. The van der Waals surface area contributed by atoms with Crippen molar-refractivity contribution in [3.8, 4) is 0 Å². The van der Waals surface area contributed by atoms with Crippen molar-refractivity contribution in [2.24, 2.45) is 0 Å². The Morgan fingerprint density at radius 1 is 1.64 bits per heavy atom. The highest BCUT2D eigenvalue weighted by atomic mass is 79.9. The summed E-state index contributed by atoms with van der Waals surface area (Å²) in [6, 6.07) is 1.89. The smallest absolute Gasteiger partial charge is 0.211 e. The van der Waals surface area contributed by atoms with Crippen molar-refractivity contribution in [1.82, 2.24) is 4.31 Å². The van der Waals surface area contributed by atoms with Crippen molar-refractivity contribution in [2.45, 2.75) is 6.54 Å². The topological polar surface area (TPSA) is 37.4 Å². The van der Waals surface area contributed by atoms with Crippen molar-refractivity contribution in [3.63, 3.8) is 0 Å². The van der Waals surface area contributed by atoms with Gasteiger partial charge in [0.05, 0.1) is 0 Å². The molecule has 0 saturated heterocycles. The predicted molar refractivity (Wildman–Crippen MR) is 63.1 cm³/mol. The van der Waals surface area contributed by atoms with Crippen LogP contribution in [0.5, 0.6) is 0 Å². The minimum Gasteiger partial charge on any atom is -0.211 e. The Morgan fingerprint density at radius 3 is 2.71 bits per heavy atom. The van der Waals surface area contributed by atoms with Crippen LogP contribution in [0.25, 0.3) is 0 Å². The molecule has 0 amide bonds. The summed E-state index contributed by atoms with van der Waals surface area (Å²) in [5, 5.41) is 1.53. The van der Waals surface area contributed by atoms with Gasteiger partial charge in [0.25, 0.3) is 0 Å². The van der Waals surface area contributed by atoms with Gasteiger partial charge in [-0.15, -0.1) is 22.9 Å². The molecule has 0 aromatic carbocycles. The number of hydrogen-bond donors (Lipinski definition) is 0. The Labute approximate surface area is 101 Å². The van der Waals surface area contributed by atoms with E-state index < -0.39 is 10.0 Å². The van der Waals surface area contributed by atoms with Crippen molar-refractivity contribution >= 4 is 48.9 Å². The molecular weight excluding hydrogens is 310 g/mol. The molecule has 0 bridgehead atoms. The second kappa shape index (κ2) is 4.94. The number of sulfonamides is 1. The van der Waals surface area contributed by atoms with Crippen LogP contribution in [0.3, 0.4) is 0 Å². The van der Waals surface area contributed by atoms with Gasteiger partial charge in [-0.2, -0.15) is 4.31 Å². The molecule has 1 heterocycles. The van der Waals surface area contributed by atoms with Crippen LogP contribution in [0.2, 0.25) is 0 Å². The molecule has 3 nitrogen and oxygen atoms in total. The molecule has 0 atom stereocenters. The summed E-state index contributed by atoms with van der Waals surface area (Å²) in [4.78, 5) is 0.980. The van der Waals surface area contributed by atoms with Crippen LogP contribution in [-0.4, -0.2) is 25.0 Å². The minimum atomic E-state index is -3.30. The molecule has 0 unspecified atom stereocenters. The van der Waals surface area contributed by atoms with E-state index in [1.807, 2.05) is 11.4 Å². The van der Waals surface area contributed by atoms with Crippen molar-refractivity contribution < 1.29 is 8.42 Å². The van der Waals surface area contributed by atoms with E-state index in [-0.39, 0.29) is 5.21 Å². The lowest BCUT2D eigenvalue weighted by molar-refractivity contribution is 0.474. The summed E-state index contributed by atoms with van der Waals surface area (Å²) >= 11 is 10.1. The van der Waals surface area contributed by atoms with E-state index in [4.69, 9.17) is 11.6 Å². The first-order chi connectivity index (χ1) is 6.45. The molecular formula is C7H9BrClNO2S2. The van der Waals surface area contributed by atoms with Gasteiger partial charge in [-0.3, -0.25) is 0 Å². The number of nitrogens with zero attached hydrogens (tertiary/aromatic N) is 1. The highest BCUT2D eigenvalue weighted by Crippen LogP contribution is 2.21. The van der Waals surface area contributed by atoms with Crippen LogP contribution in [-0.2, 0) is 16.6 Å². The van der Waals surface area contributed by atoms with Crippen LogP contribution in [0.4, 0.5) is 0 Å². The molecule has 0 saturated carbocycles. The van der Waals surface area contributed by atoms with E-state index in [9.17, 15) is 8.42 Å². The molecule has 0 aliphatic carbocycles. The first-order valence-electron chi connectivity index (χ1n) is 3.68. The van der Waals surface area contributed by atoms with Crippen LogP contribution in [0.15, 0.2) is 15.9 Å². The van der Waals surface area contributed by atoms with Gasteiger partial charge >= 0.3 is 0 Å². The summed E-state index contributed by atoms with van der Waals surface area (Å²) in [7, 11) is -1.78. The molecule has 0 spiro atoms. The van der Waals surface area contributed by atoms with Crippen LogP contribution < -0.4 is 0 Å². The van der Waals surface area contributed by atoms with Gasteiger partial charge in [-0.1, -0.05) is 0 Å². The van der Waals surface area contributed by atoms with Gasteiger partial charge in [0.1, 0.15) is 5.21 Å². The number of thiophene rings is 1. The maximum absolute atomic E-state index is 11.3. The number of rotatable bonds is 4. The van der Waals surface area contributed by atoms with E-state index in [2.05, 4.69) is 15.9 Å². The zero-order valence-electron chi connectivity index (χ0n) is 7.41. The summed E-state index contributed by atoms with van der Waals surface area (Å²) in [6.45, 7) is 0.366. The average Bonchev–Trinajstić information content (AvgIpc) is 2.51. The molecule has 1 rings (SSSR count). The number of halogens is 2. The highest BCUT2D eigenvalue weighted by molar-refractivity contribution is 9.10. The molecule has 0 radical (unpaired) electrons. The van der Waals surface area contributed by atoms with Gasteiger partial charge < -0.3 is 0 Å². The van der Waals surface area contributed by atoms with Gasteiger partial charge in [0.15, 0.2) is 0 Å². The first-order valence-corrected chi connectivity index (χ1v) is 7.50. The van der Waals surface area contributed by atoms with Gasteiger partial charge in [0, 0.05) is 28.3 Å². The molecule has 80 valence electrons. The molecule has 7 heteroatoms. The van der Waals surface area contributed by atoms with Gasteiger partial charge in [-0.25, -0.2) is 8.42 Å². The van der Waals surface area contributed by atoms with Crippen molar-refractivity contribution in [3.05, 3.63) is 20.8 Å². The maximum Gasteiger partial charge on any atom is 0.228 e. The molecule has 14 heavy (non-hydrogen) atoms. The van der Waals surface area contributed by atoms with Crippen LogP contribution in [0.1, 0.15) is 4.88 Å². The quantitative estimate of drug-likeness (QED) is 0.800. The summed E-state index contributed by atoms with van der Waals surface area (Å²) in [5.74, 6) is 0. The lowest BCUT2D eigenvalue weighted by atomic mass is 10.5.